The first-order valence-electron chi connectivity index (χ1n) is 10.5. The molecule has 0 unspecified atom stereocenters. The van der Waals surface area contributed by atoms with Crippen LogP contribution < -0.4 is 5.32 Å². The number of hydrogen-bond donors (Lipinski definition) is 2. The maximum atomic E-state index is 12.5. The van der Waals surface area contributed by atoms with E-state index in [2.05, 4.69) is 53.9 Å². The second kappa shape index (κ2) is 8.67. The van der Waals surface area contributed by atoms with Crippen molar-refractivity contribution in [1.82, 2.24) is 25.4 Å². The van der Waals surface area contributed by atoms with Crippen LogP contribution in [-0.2, 0) is 23.1 Å². The maximum Gasteiger partial charge on any atom is 0.271 e. The van der Waals surface area contributed by atoms with E-state index in [9.17, 15) is 9.59 Å². The fraction of sp³-hybridized carbons (Fsp3) is 0.391. The highest BCUT2D eigenvalue weighted by Gasteiger charge is 2.31. The molecule has 0 aliphatic carbocycles. The Hall–Kier alpha value is -2.71. The van der Waals surface area contributed by atoms with Gasteiger partial charge in [0.2, 0.25) is 5.91 Å². The molecule has 1 aromatic carbocycles. The van der Waals surface area contributed by atoms with E-state index in [1.54, 1.807) is 10.3 Å². The van der Waals surface area contributed by atoms with Crippen molar-refractivity contribution in [2.45, 2.75) is 45.1 Å². The molecule has 0 radical (unpaired) electrons. The standard InChI is InChI=1S/C23H26ClN5O2S/c1-5-21(30)29-10-13(11-29)25-22(31)19-12-32-20(26-19)7-6-17-14-8-15(23(2,3)4)16(24)9-18(14)28-27-17/h5,8-9,12-13H,1,6-7,10-11H2,2-4H3,(H,25,31)(H,27,28). The number of aromatic amines is 1. The lowest BCUT2D eigenvalue weighted by Gasteiger charge is -2.38. The van der Waals surface area contributed by atoms with Crippen LogP contribution in [0.2, 0.25) is 5.02 Å². The van der Waals surface area contributed by atoms with Gasteiger partial charge in [-0.2, -0.15) is 5.10 Å². The highest BCUT2D eigenvalue weighted by molar-refractivity contribution is 7.09. The molecule has 2 aromatic heterocycles. The number of nitrogens with zero attached hydrogens (tertiary/aromatic N) is 3. The Labute approximate surface area is 195 Å². The molecule has 2 amide bonds. The number of rotatable bonds is 6. The van der Waals surface area contributed by atoms with E-state index in [1.165, 1.54) is 17.4 Å². The highest BCUT2D eigenvalue weighted by atomic mass is 35.5. The predicted octanol–water partition coefficient (Wildman–Crippen LogP) is 3.88. The Bertz CT molecular complexity index is 1190. The molecule has 0 atom stereocenters. The summed E-state index contributed by atoms with van der Waals surface area (Å²) < 4.78 is 0. The zero-order chi connectivity index (χ0) is 23.0. The lowest BCUT2D eigenvalue weighted by atomic mass is 9.86. The van der Waals surface area contributed by atoms with E-state index < -0.39 is 0 Å². The first-order valence-corrected chi connectivity index (χ1v) is 11.7. The lowest BCUT2D eigenvalue weighted by Crippen LogP contribution is -2.60. The number of benzene rings is 1. The number of carbonyl (C=O) groups excluding carboxylic acids is 2. The molecule has 1 fully saturated rings. The monoisotopic (exact) mass is 471 g/mol. The third kappa shape index (κ3) is 4.56. The molecule has 1 aliphatic heterocycles. The SMILES string of the molecule is C=CC(=O)N1CC(NC(=O)c2csc(CCc3[nH]nc4cc(Cl)c(C(C)(C)C)cc34)n2)C1. The number of likely N-dealkylation sites (tertiary alicyclic amines) is 1. The Morgan fingerprint density at radius 1 is 1.34 bits per heavy atom. The third-order valence-electron chi connectivity index (χ3n) is 5.61. The number of fused-ring (bicyclic) bond motifs is 1. The molecule has 0 spiro atoms. The van der Waals surface area contributed by atoms with E-state index in [-0.39, 0.29) is 23.3 Å². The molecule has 3 aromatic rings. The van der Waals surface area contributed by atoms with Crippen molar-refractivity contribution in [1.29, 1.82) is 0 Å². The van der Waals surface area contributed by atoms with Gasteiger partial charge in [0.1, 0.15) is 5.69 Å². The van der Waals surface area contributed by atoms with E-state index in [1.807, 2.05) is 6.07 Å². The molecule has 1 aliphatic rings. The average Bonchev–Trinajstić information content (AvgIpc) is 3.33. The molecular weight excluding hydrogens is 446 g/mol. The first-order chi connectivity index (χ1) is 15.2. The van der Waals surface area contributed by atoms with E-state index in [0.717, 1.165) is 38.6 Å². The summed E-state index contributed by atoms with van der Waals surface area (Å²) >= 11 is 7.93. The number of thiazole rings is 1. The zero-order valence-corrected chi connectivity index (χ0v) is 19.9. The average molecular weight is 472 g/mol. The van der Waals surface area contributed by atoms with Gasteiger partial charge in [-0.1, -0.05) is 39.0 Å². The van der Waals surface area contributed by atoms with Gasteiger partial charge in [0.05, 0.1) is 16.6 Å². The number of aryl methyl sites for hydroxylation is 2. The van der Waals surface area contributed by atoms with Crippen LogP contribution in [0.5, 0.6) is 0 Å². The number of amides is 2. The van der Waals surface area contributed by atoms with Gasteiger partial charge in [-0.05, 0) is 35.6 Å². The summed E-state index contributed by atoms with van der Waals surface area (Å²) in [4.78, 5) is 30.1. The van der Waals surface area contributed by atoms with Crippen LogP contribution >= 0.6 is 22.9 Å². The third-order valence-corrected chi connectivity index (χ3v) is 6.83. The highest BCUT2D eigenvalue weighted by Crippen LogP contribution is 2.33. The molecule has 2 N–H and O–H groups in total. The molecule has 0 saturated carbocycles. The number of H-pyrrole nitrogens is 1. The predicted molar refractivity (Wildman–Crippen MR) is 127 cm³/mol. The van der Waals surface area contributed by atoms with Crippen LogP contribution in [0.3, 0.4) is 0 Å². The summed E-state index contributed by atoms with van der Waals surface area (Å²) in [5.74, 6) is -0.325. The minimum Gasteiger partial charge on any atom is -0.344 e. The summed E-state index contributed by atoms with van der Waals surface area (Å²) in [7, 11) is 0. The van der Waals surface area contributed by atoms with Gasteiger partial charge in [-0.15, -0.1) is 11.3 Å². The van der Waals surface area contributed by atoms with E-state index in [0.29, 0.717) is 25.2 Å². The summed E-state index contributed by atoms with van der Waals surface area (Å²) in [6, 6.07) is 3.99. The van der Waals surface area contributed by atoms with Crippen LogP contribution in [0.25, 0.3) is 10.9 Å². The normalized spacial score (nSPS) is 14.4. The molecule has 9 heteroatoms. The fourth-order valence-corrected chi connectivity index (χ4v) is 4.97. The largest absolute Gasteiger partial charge is 0.344 e. The van der Waals surface area contributed by atoms with Gasteiger partial charge < -0.3 is 10.2 Å². The summed E-state index contributed by atoms with van der Waals surface area (Å²) in [6.45, 7) is 10.9. The molecule has 1 saturated heterocycles. The van der Waals surface area contributed by atoms with Gasteiger partial charge in [-0.3, -0.25) is 14.7 Å². The number of hydrogen-bond acceptors (Lipinski definition) is 5. The van der Waals surface area contributed by atoms with Crippen molar-refractivity contribution in [2.75, 3.05) is 13.1 Å². The molecule has 0 bridgehead atoms. The van der Waals surface area contributed by atoms with Gasteiger partial charge in [0.25, 0.3) is 5.91 Å². The van der Waals surface area contributed by atoms with Crippen LogP contribution in [0, 0.1) is 0 Å². The van der Waals surface area contributed by atoms with Gasteiger partial charge in [0.15, 0.2) is 0 Å². The minimum absolute atomic E-state index is 0.0447. The first kappa shape index (κ1) is 22.5. The van der Waals surface area contributed by atoms with Crippen molar-refractivity contribution in [3.05, 3.63) is 57.1 Å². The molecular formula is C23H26ClN5O2S. The van der Waals surface area contributed by atoms with Crippen molar-refractivity contribution in [3.8, 4) is 0 Å². The Balaban J connectivity index is 1.38. The maximum absolute atomic E-state index is 12.5. The minimum atomic E-state index is -0.209. The summed E-state index contributed by atoms with van der Waals surface area (Å²) in [5, 5.41) is 14.9. The van der Waals surface area contributed by atoms with E-state index >= 15 is 0 Å². The van der Waals surface area contributed by atoms with E-state index in [4.69, 9.17) is 11.6 Å². The number of halogens is 1. The quantitative estimate of drug-likeness (QED) is 0.534. The molecule has 32 heavy (non-hydrogen) atoms. The van der Waals surface area contributed by atoms with Gasteiger partial charge >= 0.3 is 0 Å². The van der Waals surface area contributed by atoms with Crippen molar-refractivity contribution in [3.63, 3.8) is 0 Å². The lowest BCUT2D eigenvalue weighted by molar-refractivity contribution is -0.130. The zero-order valence-electron chi connectivity index (χ0n) is 18.4. The number of nitrogens with one attached hydrogen (secondary N) is 2. The van der Waals surface area contributed by atoms with Crippen LogP contribution in [-0.4, -0.2) is 51.0 Å². The molecule has 168 valence electrons. The van der Waals surface area contributed by atoms with Crippen molar-refractivity contribution < 1.29 is 9.59 Å². The number of carbonyl (C=O) groups is 2. The second-order valence-electron chi connectivity index (χ2n) is 9.05. The molecule has 3 heterocycles. The van der Waals surface area contributed by atoms with Crippen molar-refractivity contribution >= 4 is 45.7 Å². The van der Waals surface area contributed by atoms with Gasteiger partial charge in [0, 0.05) is 41.0 Å². The van der Waals surface area contributed by atoms with Crippen LogP contribution in [0.1, 0.15) is 47.5 Å². The van der Waals surface area contributed by atoms with Gasteiger partial charge in [-0.25, -0.2) is 4.98 Å². The van der Waals surface area contributed by atoms with Crippen LogP contribution in [0.15, 0.2) is 30.2 Å². The molecule has 4 rings (SSSR count). The number of aromatic nitrogens is 3. The Kier molecular flexibility index (Phi) is 6.09. The second-order valence-corrected chi connectivity index (χ2v) is 10.4. The van der Waals surface area contributed by atoms with Crippen LogP contribution in [0.4, 0.5) is 0 Å². The summed E-state index contributed by atoms with van der Waals surface area (Å²) in [6.07, 6.45) is 2.72. The Morgan fingerprint density at radius 3 is 2.78 bits per heavy atom. The fourth-order valence-electron chi connectivity index (χ4n) is 3.75. The van der Waals surface area contributed by atoms with Crippen molar-refractivity contribution in [2.24, 2.45) is 0 Å². The topological polar surface area (TPSA) is 91.0 Å². The Morgan fingerprint density at radius 2 is 2.09 bits per heavy atom. The summed E-state index contributed by atoms with van der Waals surface area (Å²) in [5.41, 5.74) is 3.32. The smallest absolute Gasteiger partial charge is 0.271 e. The molecule has 7 nitrogen and oxygen atoms in total.